The van der Waals surface area contributed by atoms with Crippen LogP contribution in [0.15, 0.2) is 18.2 Å². The van der Waals surface area contributed by atoms with E-state index in [1.807, 2.05) is 13.8 Å². The number of nitrogens with zero attached hydrogens (tertiary/aromatic N) is 2. The van der Waals surface area contributed by atoms with Crippen LogP contribution in [0.3, 0.4) is 0 Å². The second-order valence-corrected chi connectivity index (χ2v) is 4.56. The van der Waals surface area contributed by atoms with E-state index in [1.54, 1.807) is 4.90 Å². The van der Waals surface area contributed by atoms with E-state index in [9.17, 15) is 18.4 Å². The van der Waals surface area contributed by atoms with E-state index < -0.39 is 23.2 Å². The van der Waals surface area contributed by atoms with E-state index in [0.29, 0.717) is 13.1 Å². The van der Waals surface area contributed by atoms with E-state index in [-0.39, 0.29) is 18.9 Å². The maximum Gasteiger partial charge on any atom is 0.224 e. The van der Waals surface area contributed by atoms with E-state index in [1.165, 1.54) is 13.0 Å². The molecule has 0 heterocycles. The van der Waals surface area contributed by atoms with E-state index >= 15 is 0 Å². The third kappa shape index (κ3) is 4.24. The van der Waals surface area contributed by atoms with Gasteiger partial charge in [-0.3, -0.25) is 9.59 Å². The number of hydrogen-bond acceptors (Lipinski definition) is 2. The van der Waals surface area contributed by atoms with Crippen LogP contribution in [0.2, 0.25) is 0 Å². The average Bonchev–Trinajstić information content (AvgIpc) is 2.42. The SMILES string of the molecule is CCN(CC)C(=O)CCN(C(C)=O)c1c(F)cccc1F. The van der Waals surface area contributed by atoms with Crippen molar-refractivity contribution in [2.75, 3.05) is 24.5 Å². The molecule has 0 atom stereocenters. The number of rotatable bonds is 6. The average molecular weight is 298 g/mol. The van der Waals surface area contributed by atoms with Gasteiger partial charge >= 0.3 is 0 Å². The molecular weight excluding hydrogens is 278 g/mol. The molecule has 0 unspecified atom stereocenters. The summed E-state index contributed by atoms with van der Waals surface area (Å²) in [4.78, 5) is 26.1. The number of halogens is 2. The summed E-state index contributed by atoms with van der Waals surface area (Å²) in [5, 5.41) is 0. The monoisotopic (exact) mass is 298 g/mol. The highest BCUT2D eigenvalue weighted by Gasteiger charge is 2.21. The number of carbonyl (C=O) groups excluding carboxylic acids is 2. The van der Waals surface area contributed by atoms with Gasteiger partial charge in [-0.15, -0.1) is 0 Å². The predicted molar refractivity (Wildman–Crippen MR) is 76.9 cm³/mol. The van der Waals surface area contributed by atoms with Gasteiger partial charge in [0.05, 0.1) is 0 Å². The third-order valence-electron chi connectivity index (χ3n) is 3.25. The van der Waals surface area contributed by atoms with Crippen molar-refractivity contribution in [1.29, 1.82) is 0 Å². The fourth-order valence-electron chi connectivity index (χ4n) is 2.12. The molecule has 0 saturated heterocycles. The van der Waals surface area contributed by atoms with Gasteiger partial charge in [-0.1, -0.05) is 6.07 Å². The molecule has 0 aliphatic heterocycles. The van der Waals surface area contributed by atoms with Crippen molar-refractivity contribution in [2.24, 2.45) is 0 Å². The van der Waals surface area contributed by atoms with Crippen LogP contribution in [0.1, 0.15) is 27.2 Å². The quantitative estimate of drug-likeness (QED) is 0.810. The maximum atomic E-state index is 13.7. The number of carbonyl (C=O) groups is 2. The third-order valence-corrected chi connectivity index (χ3v) is 3.25. The first-order valence-electron chi connectivity index (χ1n) is 6.92. The smallest absolute Gasteiger partial charge is 0.224 e. The molecule has 0 spiro atoms. The Balaban J connectivity index is 2.90. The molecule has 21 heavy (non-hydrogen) atoms. The Morgan fingerprint density at radius 1 is 1.10 bits per heavy atom. The number of benzene rings is 1. The lowest BCUT2D eigenvalue weighted by Crippen LogP contribution is -2.37. The van der Waals surface area contributed by atoms with Gasteiger partial charge in [-0.05, 0) is 26.0 Å². The molecule has 1 rings (SSSR count). The van der Waals surface area contributed by atoms with Crippen LogP contribution in [-0.4, -0.2) is 36.3 Å². The Bertz CT molecular complexity index is 496. The summed E-state index contributed by atoms with van der Waals surface area (Å²) in [5.74, 6) is -2.30. The first kappa shape index (κ1) is 17.1. The fraction of sp³-hybridized carbons (Fsp3) is 0.467. The van der Waals surface area contributed by atoms with Crippen molar-refractivity contribution in [2.45, 2.75) is 27.2 Å². The Morgan fingerprint density at radius 3 is 2.05 bits per heavy atom. The van der Waals surface area contributed by atoms with E-state index in [0.717, 1.165) is 17.0 Å². The van der Waals surface area contributed by atoms with E-state index in [4.69, 9.17) is 0 Å². The molecule has 0 aliphatic rings. The first-order chi connectivity index (χ1) is 9.92. The molecule has 0 aliphatic carbocycles. The summed E-state index contributed by atoms with van der Waals surface area (Å²) in [6.45, 7) is 5.98. The van der Waals surface area contributed by atoms with Crippen molar-refractivity contribution >= 4 is 17.5 Å². The molecule has 0 saturated carbocycles. The first-order valence-corrected chi connectivity index (χ1v) is 6.92. The van der Waals surface area contributed by atoms with Crippen LogP contribution in [-0.2, 0) is 9.59 Å². The standard InChI is InChI=1S/C15H20F2N2O2/c1-4-18(5-2)14(21)9-10-19(11(3)20)15-12(16)7-6-8-13(15)17/h6-8H,4-5,9-10H2,1-3H3. The highest BCUT2D eigenvalue weighted by molar-refractivity contribution is 5.92. The van der Waals surface area contributed by atoms with Gasteiger partial charge in [0.15, 0.2) is 0 Å². The normalized spacial score (nSPS) is 10.3. The van der Waals surface area contributed by atoms with Crippen molar-refractivity contribution in [3.05, 3.63) is 29.8 Å². The molecule has 1 aromatic carbocycles. The topological polar surface area (TPSA) is 40.6 Å². The van der Waals surface area contributed by atoms with Gasteiger partial charge in [-0.2, -0.15) is 0 Å². The van der Waals surface area contributed by atoms with Gasteiger partial charge in [0.2, 0.25) is 11.8 Å². The van der Waals surface area contributed by atoms with Crippen LogP contribution >= 0.6 is 0 Å². The molecule has 2 amide bonds. The lowest BCUT2D eigenvalue weighted by Gasteiger charge is -2.24. The summed E-state index contributed by atoms with van der Waals surface area (Å²) < 4.78 is 27.5. The van der Waals surface area contributed by atoms with Crippen LogP contribution < -0.4 is 4.90 Å². The van der Waals surface area contributed by atoms with Crippen LogP contribution in [0.5, 0.6) is 0 Å². The zero-order valence-electron chi connectivity index (χ0n) is 12.5. The van der Waals surface area contributed by atoms with Crippen molar-refractivity contribution in [3.63, 3.8) is 0 Å². The van der Waals surface area contributed by atoms with Crippen molar-refractivity contribution in [3.8, 4) is 0 Å². The van der Waals surface area contributed by atoms with Crippen LogP contribution in [0.25, 0.3) is 0 Å². The number of hydrogen-bond donors (Lipinski definition) is 0. The number of para-hydroxylation sites is 1. The number of anilines is 1. The highest BCUT2D eigenvalue weighted by atomic mass is 19.1. The molecule has 6 heteroatoms. The molecule has 4 nitrogen and oxygen atoms in total. The van der Waals surface area contributed by atoms with Crippen LogP contribution in [0, 0.1) is 11.6 Å². The minimum atomic E-state index is -0.819. The Hall–Kier alpha value is -1.98. The fourth-order valence-corrected chi connectivity index (χ4v) is 2.12. The highest BCUT2D eigenvalue weighted by Crippen LogP contribution is 2.23. The molecule has 0 fully saturated rings. The van der Waals surface area contributed by atoms with Gasteiger partial charge in [0, 0.05) is 33.0 Å². The zero-order chi connectivity index (χ0) is 16.0. The van der Waals surface area contributed by atoms with Gasteiger partial charge < -0.3 is 9.80 Å². The number of amides is 2. The van der Waals surface area contributed by atoms with Crippen molar-refractivity contribution in [1.82, 2.24) is 4.90 Å². The molecular formula is C15H20F2N2O2. The Labute approximate surface area is 123 Å². The second kappa shape index (κ2) is 7.71. The molecule has 0 N–H and O–H groups in total. The molecule has 0 bridgehead atoms. The predicted octanol–water partition coefficient (Wildman–Crippen LogP) is 2.58. The minimum Gasteiger partial charge on any atom is -0.343 e. The Morgan fingerprint density at radius 2 is 1.62 bits per heavy atom. The molecule has 116 valence electrons. The van der Waals surface area contributed by atoms with Crippen LogP contribution in [0.4, 0.5) is 14.5 Å². The molecule has 0 aromatic heterocycles. The second-order valence-electron chi connectivity index (χ2n) is 4.56. The molecule has 1 aromatic rings. The largest absolute Gasteiger partial charge is 0.343 e. The lowest BCUT2D eigenvalue weighted by molar-refractivity contribution is -0.130. The summed E-state index contributed by atoms with van der Waals surface area (Å²) in [5.41, 5.74) is -0.405. The Kier molecular flexibility index (Phi) is 6.27. The maximum absolute atomic E-state index is 13.7. The van der Waals surface area contributed by atoms with Gasteiger partial charge in [0.1, 0.15) is 17.3 Å². The zero-order valence-corrected chi connectivity index (χ0v) is 12.5. The van der Waals surface area contributed by atoms with Crippen molar-refractivity contribution < 1.29 is 18.4 Å². The minimum absolute atomic E-state index is 0.0229. The summed E-state index contributed by atoms with van der Waals surface area (Å²) in [7, 11) is 0. The summed E-state index contributed by atoms with van der Waals surface area (Å²) >= 11 is 0. The summed E-state index contributed by atoms with van der Waals surface area (Å²) in [6, 6.07) is 3.40. The summed E-state index contributed by atoms with van der Waals surface area (Å²) in [6.07, 6.45) is 0.0229. The lowest BCUT2D eigenvalue weighted by atomic mass is 10.2. The van der Waals surface area contributed by atoms with E-state index in [2.05, 4.69) is 0 Å². The van der Waals surface area contributed by atoms with Gasteiger partial charge in [0.25, 0.3) is 0 Å². The van der Waals surface area contributed by atoms with Gasteiger partial charge in [-0.25, -0.2) is 8.78 Å². The molecule has 0 radical (unpaired) electrons.